The second-order valence-electron chi connectivity index (χ2n) is 6.33. The molecule has 0 radical (unpaired) electrons. The Bertz CT molecular complexity index is 507. The third-order valence-electron chi connectivity index (χ3n) is 4.35. The average molecular weight is 303 g/mol. The van der Waals surface area contributed by atoms with Crippen molar-refractivity contribution in [3.63, 3.8) is 0 Å². The summed E-state index contributed by atoms with van der Waals surface area (Å²) in [6.07, 6.45) is 5.96. The van der Waals surface area contributed by atoms with E-state index in [1.807, 2.05) is 23.1 Å². The van der Waals surface area contributed by atoms with Gasteiger partial charge in [-0.15, -0.1) is 0 Å². The van der Waals surface area contributed by atoms with Crippen molar-refractivity contribution in [3.05, 3.63) is 29.8 Å². The van der Waals surface area contributed by atoms with E-state index < -0.39 is 0 Å². The molecule has 0 spiro atoms. The summed E-state index contributed by atoms with van der Waals surface area (Å²) in [5, 5.41) is 0. The second kappa shape index (κ2) is 7.14. The van der Waals surface area contributed by atoms with Crippen LogP contribution in [0.2, 0.25) is 0 Å². The zero-order chi connectivity index (χ0) is 15.4. The Balaban J connectivity index is 1.55. The van der Waals surface area contributed by atoms with E-state index in [0.29, 0.717) is 19.2 Å². The van der Waals surface area contributed by atoms with Crippen LogP contribution in [0.3, 0.4) is 0 Å². The molecule has 1 heterocycles. The van der Waals surface area contributed by atoms with Gasteiger partial charge < -0.3 is 14.4 Å². The number of hydrogen-bond acceptors (Lipinski definition) is 3. The van der Waals surface area contributed by atoms with Crippen molar-refractivity contribution in [1.82, 2.24) is 4.90 Å². The maximum absolute atomic E-state index is 11.7. The monoisotopic (exact) mass is 303 g/mol. The molecule has 4 heteroatoms. The summed E-state index contributed by atoms with van der Waals surface area (Å²) in [7, 11) is 0. The Morgan fingerprint density at radius 1 is 1.32 bits per heavy atom. The number of benzene rings is 1. The summed E-state index contributed by atoms with van der Waals surface area (Å²) in [6, 6.07) is 8.51. The minimum absolute atomic E-state index is 0.157. The second-order valence-corrected chi connectivity index (χ2v) is 6.33. The number of hydrogen-bond donors (Lipinski definition) is 0. The molecular formula is C18H25NO3. The van der Waals surface area contributed by atoms with Crippen molar-refractivity contribution in [2.75, 3.05) is 13.2 Å². The molecule has 1 amide bonds. The number of rotatable bonds is 6. The van der Waals surface area contributed by atoms with E-state index in [1.165, 1.54) is 6.42 Å². The highest BCUT2D eigenvalue weighted by atomic mass is 16.5. The molecule has 0 aromatic heterocycles. The maximum atomic E-state index is 11.7. The van der Waals surface area contributed by atoms with Crippen molar-refractivity contribution in [3.8, 4) is 5.75 Å². The Labute approximate surface area is 132 Å². The van der Waals surface area contributed by atoms with Crippen LogP contribution in [-0.2, 0) is 16.1 Å². The first kappa shape index (κ1) is 15.3. The third-order valence-corrected chi connectivity index (χ3v) is 4.35. The van der Waals surface area contributed by atoms with Gasteiger partial charge in [-0.3, -0.25) is 4.79 Å². The van der Waals surface area contributed by atoms with E-state index in [0.717, 1.165) is 43.6 Å². The number of carbonyl (C=O) groups is 1. The molecule has 1 aliphatic carbocycles. The van der Waals surface area contributed by atoms with Gasteiger partial charge in [-0.1, -0.05) is 12.1 Å². The maximum Gasteiger partial charge on any atom is 0.219 e. The molecule has 1 atom stereocenters. The molecule has 1 saturated carbocycles. The highest BCUT2D eigenvalue weighted by Gasteiger charge is 2.30. The fourth-order valence-electron chi connectivity index (χ4n) is 2.94. The Morgan fingerprint density at radius 3 is 2.86 bits per heavy atom. The van der Waals surface area contributed by atoms with Gasteiger partial charge in [0.1, 0.15) is 12.4 Å². The molecule has 3 rings (SSSR count). The number of amides is 1. The predicted molar refractivity (Wildman–Crippen MR) is 84.8 cm³/mol. The molecular weight excluding hydrogens is 278 g/mol. The lowest BCUT2D eigenvalue weighted by Gasteiger charge is -2.23. The lowest BCUT2D eigenvalue weighted by atomic mass is 10.1. The van der Waals surface area contributed by atoms with E-state index in [1.54, 1.807) is 6.92 Å². The summed E-state index contributed by atoms with van der Waals surface area (Å²) in [6.45, 7) is 3.79. The van der Waals surface area contributed by atoms with E-state index in [9.17, 15) is 4.79 Å². The largest absolute Gasteiger partial charge is 0.491 e. The zero-order valence-corrected chi connectivity index (χ0v) is 13.3. The van der Waals surface area contributed by atoms with Crippen LogP contribution in [0.15, 0.2) is 24.3 Å². The SMILES string of the molecule is CC(=O)N(Cc1cccc(OCC2CCCCO2)c1)C1CC1. The zero-order valence-electron chi connectivity index (χ0n) is 13.3. The number of nitrogens with zero attached hydrogens (tertiary/aromatic N) is 1. The van der Waals surface area contributed by atoms with Crippen LogP contribution in [0.1, 0.15) is 44.6 Å². The van der Waals surface area contributed by atoms with Gasteiger partial charge in [0.25, 0.3) is 0 Å². The van der Waals surface area contributed by atoms with E-state index in [4.69, 9.17) is 9.47 Å². The van der Waals surface area contributed by atoms with Crippen molar-refractivity contribution in [2.45, 2.75) is 57.7 Å². The number of carbonyl (C=O) groups excluding carboxylic acids is 1. The predicted octanol–water partition coefficient (Wildman–Crippen LogP) is 3.15. The van der Waals surface area contributed by atoms with E-state index >= 15 is 0 Å². The van der Waals surface area contributed by atoms with Gasteiger partial charge in [0.05, 0.1) is 6.10 Å². The summed E-state index contributed by atoms with van der Waals surface area (Å²) in [5.41, 5.74) is 1.13. The Kier molecular flexibility index (Phi) is 4.98. The Morgan fingerprint density at radius 2 is 2.18 bits per heavy atom. The summed E-state index contributed by atoms with van der Waals surface area (Å²) in [4.78, 5) is 13.7. The topological polar surface area (TPSA) is 38.8 Å². The van der Waals surface area contributed by atoms with Crippen molar-refractivity contribution < 1.29 is 14.3 Å². The lowest BCUT2D eigenvalue weighted by Crippen LogP contribution is -2.30. The highest BCUT2D eigenvalue weighted by molar-refractivity contribution is 5.74. The van der Waals surface area contributed by atoms with Gasteiger partial charge in [-0.05, 0) is 49.8 Å². The minimum atomic E-state index is 0.157. The molecule has 2 aliphatic rings. The highest BCUT2D eigenvalue weighted by Crippen LogP contribution is 2.29. The van der Waals surface area contributed by atoms with Crippen LogP contribution in [0.25, 0.3) is 0 Å². The summed E-state index contributed by atoms with van der Waals surface area (Å²) in [5.74, 6) is 1.02. The lowest BCUT2D eigenvalue weighted by molar-refractivity contribution is -0.130. The van der Waals surface area contributed by atoms with Gasteiger partial charge in [0.15, 0.2) is 0 Å². The van der Waals surface area contributed by atoms with E-state index in [-0.39, 0.29) is 12.0 Å². The van der Waals surface area contributed by atoms with Crippen molar-refractivity contribution in [2.24, 2.45) is 0 Å². The standard InChI is InChI=1S/C18H25NO3/c1-14(20)19(16-8-9-16)12-15-5-4-7-17(11-15)22-13-18-6-2-3-10-21-18/h4-5,7,11,16,18H,2-3,6,8-10,12-13H2,1H3. The van der Waals surface area contributed by atoms with Crippen molar-refractivity contribution in [1.29, 1.82) is 0 Å². The molecule has 120 valence electrons. The third kappa shape index (κ3) is 4.23. The fourth-order valence-corrected chi connectivity index (χ4v) is 2.94. The van der Waals surface area contributed by atoms with Crippen LogP contribution >= 0.6 is 0 Å². The minimum Gasteiger partial charge on any atom is -0.491 e. The summed E-state index contributed by atoms with van der Waals surface area (Å²) < 4.78 is 11.6. The first-order valence-electron chi connectivity index (χ1n) is 8.33. The van der Waals surface area contributed by atoms with Gasteiger partial charge in [-0.2, -0.15) is 0 Å². The smallest absolute Gasteiger partial charge is 0.219 e. The van der Waals surface area contributed by atoms with Crippen molar-refractivity contribution >= 4 is 5.91 Å². The average Bonchev–Trinajstić information content (AvgIpc) is 3.36. The first-order valence-corrected chi connectivity index (χ1v) is 8.33. The van der Waals surface area contributed by atoms with Gasteiger partial charge in [0.2, 0.25) is 5.91 Å². The number of ether oxygens (including phenoxy) is 2. The van der Waals surface area contributed by atoms with Crippen LogP contribution in [-0.4, -0.2) is 36.2 Å². The molecule has 1 saturated heterocycles. The molecule has 1 aromatic carbocycles. The molecule has 1 aliphatic heterocycles. The van der Waals surface area contributed by atoms with Gasteiger partial charge in [-0.25, -0.2) is 0 Å². The van der Waals surface area contributed by atoms with E-state index in [2.05, 4.69) is 6.07 Å². The van der Waals surface area contributed by atoms with Crippen LogP contribution in [0.5, 0.6) is 5.75 Å². The molecule has 2 fully saturated rings. The quantitative estimate of drug-likeness (QED) is 0.810. The molecule has 0 bridgehead atoms. The molecule has 4 nitrogen and oxygen atoms in total. The molecule has 0 N–H and O–H groups in total. The molecule has 22 heavy (non-hydrogen) atoms. The van der Waals surface area contributed by atoms with Crippen LogP contribution in [0.4, 0.5) is 0 Å². The van der Waals surface area contributed by atoms with Gasteiger partial charge >= 0.3 is 0 Å². The molecule has 1 unspecified atom stereocenters. The normalized spacial score (nSPS) is 21.4. The van der Waals surface area contributed by atoms with Crippen LogP contribution < -0.4 is 4.74 Å². The van der Waals surface area contributed by atoms with Gasteiger partial charge in [0, 0.05) is 26.1 Å². The first-order chi connectivity index (χ1) is 10.7. The summed E-state index contributed by atoms with van der Waals surface area (Å²) >= 11 is 0. The van der Waals surface area contributed by atoms with Crippen LogP contribution in [0, 0.1) is 0 Å². The fraction of sp³-hybridized carbons (Fsp3) is 0.611. The Hall–Kier alpha value is -1.55. The molecule has 1 aromatic rings.